The van der Waals surface area contributed by atoms with Gasteiger partial charge in [0.15, 0.2) is 0 Å². The molecule has 3 rings (SSSR count). The number of halogens is 3. The van der Waals surface area contributed by atoms with Crippen molar-refractivity contribution in [2.24, 2.45) is 0 Å². The average Bonchev–Trinajstić information content (AvgIpc) is 2.87. The summed E-state index contributed by atoms with van der Waals surface area (Å²) in [6.45, 7) is 3.24. The van der Waals surface area contributed by atoms with Crippen LogP contribution < -0.4 is 5.32 Å². The Bertz CT molecular complexity index is 576. The lowest BCUT2D eigenvalue weighted by molar-refractivity contribution is -0.0559. The lowest BCUT2D eigenvalue weighted by atomic mass is 10.0. The number of hydrogen-bond acceptors (Lipinski definition) is 3. The normalized spacial score (nSPS) is 25.6. The van der Waals surface area contributed by atoms with Crippen LogP contribution in [0.3, 0.4) is 0 Å². The summed E-state index contributed by atoms with van der Waals surface area (Å²) < 4.78 is 19.4. The molecule has 0 saturated carbocycles. The number of ether oxygens (including phenoxy) is 1. The molecule has 0 radical (unpaired) electrons. The van der Waals surface area contributed by atoms with Crippen molar-refractivity contribution in [3.8, 4) is 0 Å². The van der Waals surface area contributed by atoms with Gasteiger partial charge in [0.1, 0.15) is 5.82 Å². The van der Waals surface area contributed by atoms with Gasteiger partial charge in [-0.2, -0.15) is 0 Å². The standard InChI is InChI=1S/C14H15Cl2FN2O2/c15-10-6-11(16)12(17)5-9(10)13(20)19-3-1-14(8-19)7-18-2-4-21-14/h5-6,18H,1-4,7-8H2. The fraction of sp³-hybridized carbons (Fsp3) is 0.500. The Morgan fingerprint density at radius 2 is 2.19 bits per heavy atom. The van der Waals surface area contributed by atoms with E-state index < -0.39 is 5.82 Å². The zero-order chi connectivity index (χ0) is 15.0. The predicted octanol–water partition coefficient (Wildman–Crippen LogP) is 2.34. The van der Waals surface area contributed by atoms with Gasteiger partial charge in [-0.05, 0) is 18.6 Å². The third-order valence-electron chi connectivity index (χ3n) is 3.98. The van der Waals surface area contributed by atoms with Gasteiger partial charge in [-0.1, -0.05) is 23.2 Å². The highest BCUT2D eigenvalue weighted by atomic mass is 35.5. The Morgan fingerprint density at radius 3 is 2.90 bits per heavy atom. The molecule has 114 valence electrons. The lowest BCUT2D eigenvalue weighted by Crippen LogP contribution is -2.51. The molecule has 0 bridgehead atoms. The molecule has 2 heterocycles. The topological polar surface area (TPSA) is 41.6 Å². The number of likely N-dealkylation sites (tertiary alicyclic amines) is 1. The first-order valence-electron chi connectivity index (χ1n) is 6.79. The minimum Gasteiger partial charge on any atom is -0.370 e. The van der Waals surface area contributed by atoms with Gasteiger partial charge in [-0.25, -0.2) is 4.39 Å². The number of rotatable bonds is 1. The number of nitrogens with zero attached hydrogens (tertiary/aromatic N) is 1. The molecule has 1 atom stereocenters. The summed E-state index contributed by atoms with van der Waals surface area (Å²) in [6.07, 6.45) is 0.763. The van der Waals surface area contributed by atoms with Crippen molar-refractivity contribution < 1.29 is 13.9 Å². The fourth-order valence-corrected chi connectivity index (χ4v) is 3.31. The van der Waals surface area contributed by atoms with Crippen LogP contribution in [0.4, 0.5) is 4.39 Å². The molecule has 0 aliphatic carbocycles. The van der Waals surface area contributed by atoms with Gasteiger partial charge in [-0.15, -0.1) is 0 Å². The number of hydrogen-bond donors (Lipinski definition) is 1. The Labute approximate surface area is 132 Å². The maximum absolute atomic E-state index is 13.6. The predicted molar refractivity (Wildman–Crippen MR) is 78.5 cm³/mol. The van der Waals surface area contributed by atoms with Crippen molar-refractivity contribution in [2.75, 3.05) is 32.8 Å². The van der Waals surface area contributed by atoms with E-state index in [1.54, 1.807) is 4.90 Å². The zero-order valence-electron chi connectivity index (χ0n) is 11.3. The van der Waals surface area contributed by atoms with E-state index in [0.29, 0.717) is 19.7 Å². The number of amides is 1. The van der Waals surface area contributed by atoms with E-state index in [9.17, 15) is 9.18 Å². The minimum atomic E-state index is -0.645. The Hall–Kier alpha value is -0.880. The molecule has 2 saturated heterocycles. The molecule has 0 aromatic heterocycles. The molecular formula is C14H15Cl2FN2O2. The monoisotopic (exact) mass is 332 g/mol. The summed E-state index contributed by atoms with van der Waals surface area (Å²) in [5, 5.41) is 3.35. The zero-order valence-corrected chi connectivity index (χ0v) is 12.8. The van der Waals surface area contributed by atoms with E-state index in [2.05, 4.69) is 5.32 Å². The molecule has 1 unspecified atom stereocenters. The second kappa shape index (κ2) is 5.72. The van der Waals surface area contributed by atoms with E-state index in [-0.39, 0.29) is 27.1 Å². The molecule has 2 fully saturated rings. The Morgan fingerprint density at radius 1 is 1.38 bits per heavy atom. The van der Waals surface area contributed by atoms with E-state index >= 15 is 0 Å². The minimum absolute atomic E-state index is 0.0887. The van der Waals surface area contributed by atoms with Crippen molar-refractivity contribution in [1.29, 1.82) is 0 Å². The second-order valence-electron chi connectivity index (χ2n) is 5.43. The van der Waals surface area contributed by atoms with Crippen LogP contribution in [-0.4, -0.2) is 49.2 Å². The van der Waals surface area contributed by atoms with Gasteiger partial charge in [-0.3, -0.25) is 4.79 Å². The van der Waals surface area contributed by atoms with Crippen molar-refractivity contribution >= 4 is 29.1 Å². The van der Waals surface area contributed by atoms with E-state index in [1.807, 2.05) is 0 Å². The number of carbonyl (C=O) groups is 1. The highest BCUT2D eigenvalue weighted by Crippen LogP contribution is 2.30. The highest BCUT2D eigenvalue weighted by Gasteiger charge is 2.42. The van der Waals surface area contributed by atoms with Gasteiger partial charge in [0, 0.05) is 19.6 Å². The maximum atomic E-state index is 13.6. The van der Waals surface area contributed by atoms with E-state index in [0.717, 1.165) is 25.6 Å². The molecule has 1 aromatic rings. The fourth-order valence-electron chi connectivity index (χ4n) is 2.84. The van der Waals surface area contributed by atoms with Gasteiger partial charge in [0.05, 0.1) is 34.4 Å². The second-order valence-corrected chi connectivity index (χ2v) is 6.25. The molecule has 1 spiro atoms. The number of morpholine rings is 1. The first kappa shape index (κ1) is 15.0. The van der Waals surface area contributed by atoms with Crippen LogP contribution in [0.5, 0.6) is 0 Å². The van der Waals surface area contributed by atoms with Crippen LogP contribution >= 0.6 is 23.2 Å². The third kappa shape index (κ3) is 2.88. The van der Waals surface area contributed by atoms with Gasteiger partial charge in [0.2, 0.25) is 0 Å². The first-order valence-corrected chi connectivity index (χ1v) is 7.55. The lowest BCUT2D eigenvalue weighted by Gasteiger charge is -2.34. The van der Waals surface area contributed by atoms with Crippen molar-refractivity contribution in [3.63, 3.8) is 0 Å². The smallest absolute Gasteiger partial charge is 0.255 e. The Balaban J connectivity index is 1.79. The number of nitrogens with one attached hydrogen (secondary N) is 1. The van der Waals surface area contributed by atoms with Crippen LogP contribution in [0.15, 0.2) is 12.1 Å². The highest BCUT2D eigenvalue weighted by molar-refractivity contribution is 6.36. The summed E-state index contributed by atoms with van der Waals surface area (Å²) >= 11 is 11.7. The maximum Gasteiger partial charge on any atom is 0.255 e. The van der Waals surface area contributed by atoms with Gasteiger partial charge in [0.25, 0.3) is 5.91 Å². The van der Waals surface area contributed by atoms with Gasteiger partial charge >= 0.3 is 0 Å². The molecule has 2 aliphatic rings. The van der Waals surface area contributed by atoms with E-state index in [1.165, 1.54) is 6.07 Å². The summed E-state index contributed by atoms with van der Waals surface area (Å²) in [6, 6.07) is 2.36. The van der Waals surface area contributed by atoms with Crippen LogP contribution in [0, 0.1) is 5.82 Å². The van der Waals surface area contributed by atoms with Crippen LogP contribution in [0.25, 0.3) is 0 Å². The number of benzene rings is 1. The molecule has 4 nitrogen and oxygen atoms in total. The van der Waals surface area contributed by atoms with Crippen LogP contribution in [-0.2, 0) is 4.74 Å². The van der Waals surface area contributed by atoms with Crippen LogP contribution in [0.2, 0.25) is 10.0 Å². The summed E-state index contributed by atoms with van der Waals surface area (Å²) in [5.41, 5.74) is -0.190. The quantitative estimate of drug-likeness (QED) is 0.802. The first-order chi connectivity index (χ1) is 10.0. The average molecular weight is 333 g/mol. The van der Waals surface area contributed by atoms with E-state index in [4.69, 9.17) is 27.9 Å². The summed E-state index contributed by atoms with van der Waals surface area (Å²) in [4.78, 5) is 14.2. The molecular weight excluding hydrogens is 318 g/mol. The molecule has 1 N–H and O–H groups in total. The molecule has 1 amide bonds. The van der Waals surface area contributed by atoms with Crippen molar-refractivity contribution in [2.45, 2.75) is 12.0 Å². The number of carbonyl (C=O) groups excluding carboxylic acids is 1. The molecule has 2 aliphatic heterocycles. The summed E-state index contributed by atoms with van der Waals surface area (Å²) in [7, 11) is 0. The molecule has 1 aromatic carbocycles. The van der Waals surface area contributed by atoms with Crippen molar-refractivity contribution in [1.82, 2.24) is 10.2 Å². The SMILES string of the molecule is O=C(c1cc(F)c(Cl)cc1Cl)N1CCC2(CNCCO2)C1. The third-order valence-corrected chi connectivity index (χ3v) is 4.58. The largest absolute Gasteiger partial charge is 0.370 e. The van der Waals surface area contributed by atoms with Crippen molar-refractivity contribution in [3.05, 3.63) is 33.6 Å². The summed E-state index contributed by atoms with van der Waals surface area (Å²) in [5.74, 6) is -0.935. The van der Waals surface area contributed by atoms with Crippen LogP contribution in [0.1, 0.15) is 16.8 Å². The van der Waals surface area contributed by atoms with Gasteiger partial charge < -0.3 is 15.0 Å². The molecule has 7 heteroatoms. The molecule has 21 heavy (non-hydrogen) atoms. The Kier molecular flexibility index (Phi) is 4.10.